The van der Waals surface area contributed by atoms with Crippen LogP contribution in [0.3, 0.4) is 0 Å². The molecule has 0 saturated heterocycles. The number of carbonyl (C=O) groups is 2. The van der Waals surface area contributed by atoms with Crippen molar-refractivity contribution in [3.63, 3.8) is 0 Å². The van der Waals surface area contributed by atoms with Crippen LogP contribution in [0.15, 0.2) is 12.5 Å². The summed E-state index contributed by atoms with van der Waals surface area (Å²) in [5.41, 5.74) is 1.54. The van der Waals surface area contributed by atoms with Gasteiger partial charge < -0.3 is 10.4 Å². The Morgan fingerprint density at radius 1 is 1.30 bits per heavy atom. The number of hydrogen-bond donors (Lipinski definition) is 2. The van der Waals surface area contributed by atoms with Gasteiger partial charge in [0.05, 0.1) is 23.0 Å². The van der Waals surface area contributed by atoms with Gasteiger partial charge in [-0.25, -0.2) is 19.7 Å². The Balaban J connectivity index is 2.20. The molecule has 0 radical (unpaired) electrons. The Morgan fingerprint density at radius 3 is 2.57 bits per heavy atom. The van der Waals surface area contributed by atoms with Crippen LogP contribution in [0.25, 0.3) is 0 Å². The third-order valence-corrected chi connectivity index (χ3v) is 4.59. The van der Waals surface area contributed by atoms with Crippen LogP contribution in [-0.4, -0.2) is 31.9 Å². The van der Waals surface area contributed by atoms with Crippen molar-refractivity contribution in [2.24, 2.45) is 0 Å². The molecule has 2 aromatic rings. The second kappa shape index (κ2) is 6.82. The summed E-state index contributed by atoms with van der Waals surface area (Å²) >= 11 is 1.07. The number of aromatic carboxylic acids is 1. The molecular formula is C15H18N4O3S. The summed E-state index contributed by atoms with van der Waals surface area (Å²) in [6, 6.07) is -0.403. The molecule has 0 aliphatic rings. The van der Waals surface area contributed by atoms with Gasteiger partial charge in [0.15, 0.2) is 0 Å². The number of amides is 1. The lowest BCUT2D eigenvalue weighted by atomic mass is 10.0. The van der Waals surface area contributed by atoms with Crippen molar-refractivity contribution >= 4 is 23.2 Å². The predicted octanol–water partition coefficient (Wildman–Crippen LogP) is 2.55. The lowest BCUT2D eigenvalue weighted by molar-refractivity contribution is 0.0701. The summed E-state index contributed by atoms with van der Waals surface area (Å²) in [5, 5.41) is 12.5. The van der Waals surface area contributed by atoms with Crippen LogP contribution in [0.2, 0.25) is 0 Å². The molecule has 1 amide bonds. The zero-order valence-corrected chi connectivity index (χ0v) is 14.1. The number of carboxylic acids is 1. The molecule has 2 N–H and O–H groups in total. The molecule has 23 heavy (non-hydrogen) atoms. The zero-order valence-electron chi connectivity index (χ0n) is 13.3. The van der Waals surface area contributed by atoms with Crippen LogP contribution < -0.4 is 5.32 Å². The van der Waals surface area contributed by atoms with E-state index in [9.17, 15) is 9.59 Å². The molecule has 0 aliphatic heterocycles. The molecule has 2 heterocycles. The molecule has 2 aromatic heterocycles. The Morgan fingerprint density at radius 2 is 2.00 bits per heavy atom. The average molecular weight is 334 g/mol. The molecule has 122 valence electrons. The van der Waals surface area contributed by atoms with Crippen LogP contribution in [0, 0.1) is 6.92 Å². The second-order valence-electron chi connectivity index (χ2n) is 5.44. The maximum atomic E-state index is 12.4. The van der Waals surface area contributed by atoms with Crippen molar-refractivity contribution in [3.05, 3.63) is 39.4 Å². The van der Waals surface area contributed by atoms with Gasteiger partial charge in [0.1, 0.15) is 16.2 Å². The molecular weight excluding hydrogens is 316 g/mol. The fourth-order valence-electron chi connectivity index (χ4n) is 2.11. The monoisotopic (exact) mass is 334 g/mol. The number of aryl methyl sites for hydroxylation is 1. The summed E-state index contributed by atoms with van der Waals surface area (Å²) in [6.45, 7) is 7.30. The van der Waals surface area contributed by atoms with E-state index in [1.165, 1.54) is 12.5 Å². The maximum Gasteiger partial charge on any atom is 0.347 e. The molecule has 0 saturated carbocycles. The SMILES string of the molecule is Cc1nc(C(C)NC(=O)c2cncnc2C(C)C)sc1C(=O)O. The van der Waals surface area contributed by atoms with Gasteiger partial charge in [-0.2, -0.15) is 0 Å². The first-order chi connectivity index (χ1) is 10.8. The molecule has 1 unspecified atom stereocenters. The van der Waals surface area contributed by atoms with Crippen LogP contribution in [0.5, 0.6) is 0 Å². The number of aromatic nitrogens is 3. The van der Waals surface area contributed by atoms with E-state index in [2.05, 4.69) is 20.3 Å². The smallest absolute Gasteiger partial charge is 0.347 e. The van der Waals surface area contributed by atoms with Gasteiger partial charge in [-0.05, 0) is 19.8 Å². The van der Waals surface area contributed by atoms with Crippen LogP contribution in [-0.2, 0) is 0 Å². The van der Waals surface area contributed by atoms with E-state index in [1.807, 2.05) is 13.8 Å². The Bertz CT molecular complexity index is 742. The summed E-state index contributed by atoms with van der Waals surface area (Å²) in [7, 11) is 0. The van der Waals surface area contributed by atoms with Crippen molar-refractivity contribution < 1.29 is 14.7 Å². The van der Waals surface area contributed by atoms with Gasteiger partial charge in [-0.1, -0.05) is 13.8 Å². The van der Waals surface area contributed by atoms with E-state index < -0.39 is 12.0 Å². The van der Waals surface area contributed by atoms with E-state index >= 15 is 0 Å². The van der Waals surface area contributed by atoms with Gasteiger partial charge >= 0.3 is 5.97 Å². The van der Waals surface area contributed by atoms with Gasteiger partial charge in [-0.15, -0.1) is 11.3 Å². The first kappa shape index (κ1) is 17.0. The molecule has 8 heteroatoms. The van der Waals surface area contributed by atoms with E-state index in [1.54, 1.807) is 13.8 Å². The highest BCUT2D eigenvalue weighted by atomic mass is 32.1. The molecule has 7 nitrogen and oxygen atoms in total. The maximum absolute atomic E-state index is 12.4. The standard InChI is InChI=1S/C15H18N4O3S/c1-7(2)11-10(5-16-6-17-11)13(20)18-9(4)14-19-8(3)12(23-14)15(21)22/h5-7,9H,1-4H3,(H,18,20)(H,21,22). The fourth-order valence-corrected chi connectivity index (χ4v) is 3.02. The van der Waals surface area contributed by atoms with E-state index in [0.29, 0.717) is 22.0 Å². The number of carboxylic acid groups (broad SMARTS) is 1. The highest BCUT2D eigenvalue weighted by Gasteiger charge is 2.21. The van der Waals surface area contributed by atoms with Crippen molar-refractivity contribution in [2.45, 2.75) is 39.7 Å². The summed E-state index contributed by atoms with van der Waals surface area (Å²) in [6.07, 6.45) is 2.90. The largest absolute Gasteiger partial charge is 0.477 e. The van der Waals surface area contributed by atoms with Gasteiger partial charge in [-0.3, -0.25) is 4.79 Å². The van der Waals surface area contributed by atoms with Gasteiger partial charge in [0, 0.05) is 6.20 Å². The Hall–Kier alpha value is -2.35. The fraction of sp³-hybridized carbons (Fsp3) is 0.400. The molecule has 1 atom stereocenters. The van der Waals surface area contributed by atoms with Crippen molar-refractivity contribution in [3.8, 4) is 0 Å². The number of carbonyl (C=O) groups excluding carboxylic acids is 1. The molecule has 2 rings (SSSR count). The normalized spacial score (nSPS) is 12.2. The Kier molecular flexibility index (Phi) is 5.05. The average Bonchev–Trinajstić information content (AvgIpc) is 2.89. The van der Waals surface area contributed by atoms with E-state index in [-0.39, 0.29) is 16.7 Å². The highest BCUT2D eigenvalue weighted by Crippen LogP contribution is 2.24. The Labute approximate surface area is 137 Å². The predicted molar refractivity (Wildman–Crippen MR) is 85.8 cm³/mol. The van der Waals surface area contributed by atoms with E-state index in [0.717, 1.165) is 11.3 Å². The number of nitrogens with zero attached hydrogens (tertiary/aromatic N) is 3. The lowest BCUT2D eigenvalue weighted by Gasteiger charge is -2.14. The molecule has 0 fully saturated rings. The minimum absolute atomic E-state index is 0.0924. The van der Waals surface area contributed by atoms with Crippen LogP contribution >= 0.6 is 11.3 Å². The number of rotatable bonds is 5. The number of hydrogen-bond acceptors (Lipinski definition) is 6. The third kappa shape index (κ3) is 3.70. The molecule has 0 aliphatic carbocycles. The first-order valence-electron chi connectivity index (χ1n) is 7.12. The second-order valence-corrected chi connectivity index (χ2v) is 6.47. The molecule has 0 spiro atoms. The summed E-state index contributed by atoms with van der Waals surface area (Å²) < 4.78 is 0. The molecule has 0 bridgehead atoms. The first-order valence-corrected chi connectivity index (χ1v) is 7.94. The quantitative estimate of drug-likeness (QED) is 0.870. The molecule has 0 aromatic carbocycles. The van der Waals surface area contributed by atoms with Crippen LogP contribution in [0.1, 0.15) is 69.2 Å². The van der Waals surface area contributed by atoms with Crippen molar-refractivity contribution in [1.82, 2.24) is 20.3 Å². The lowest BCUT2D eigenvalue weighted by Crippen LogP contribution is -2.28. The summed E-state index contributed by atoms with van der Waals surface area (Å²) in [5.74, 6) is -1.22. The zero-order chi connectivity index (χ0) is 17.1. The topological polar surface area (TPSA) is 105 Å². The van der Waals surface area contributed by atoms with Gasteiger partial charge in [0.25, 0.3) is 5.91 Å². The highest BCUT2D eigenvalue weighted by molar-refractivity contribution is 7.13. The third-order valence-electron chi connectivity index (χ3n) is 3.26. The van der Waals surface area contributed by atoms with Crippen LogP contribution in [0.4, 0.5) is 0 Å². The number of thiazole rings is 1. The van der Waals surface area contributed by atoms with Gasteiger partial charge in [0.2, 0.25) is 0 Å². The van der Waals surface area contributed by atoms with Crippen molar-refractivity contribution in [2.75, 3.05) is 0 Å². The minimum Gasteiger partial charge on any atom is -0.477 e. The number of nitrogens with one attached hydrogen (secondary N) is 1. The minimum atomic E-state index is -1.01. The van der Waals surface area contributed by atoms with E-state index in [4.69, 9.17) is 5.11 Å². The summed E-state index contributed by atoms with van der Waals surface area (Å²) in [4.78, 5) is 36.0. The van der Waals surface area contributed by atoms with Crippen molar-refractivity contribution in [1.29, 1.82) is 0 Å².